The molecule has 0 aliphatic carbocycles. The first kappa shape index (κ1) is 27.8. The number of benzene rings is 2. The Labute approximate surface area is 205 Å². The van der Waals surface area contributed by atoms with E-state index < -0.39 is 41.5 Å². The van der Waals surface area contributed by atoms with E-state index in [-0.39, 0.29) is 16.1 Å². The topological polar surface area (TPSA) is 97.0 Å². The van der Waals surface area contributed by atoms with Crippen LogP contribution < -0.4 is 15.5 Å². The molecule has 0 radical (unpaired) electrons. The molecule has 2 aromatic carbocycles. The van der Waals surface area contributed by atoms with Crippen LogP contribution in [0.2, 0.25) is 5.02 Å². The summed E-state index contributed by atoms with van der Waals surface area (Å²) in [5.74, 6) is -1.95. The molecule has 12 heteroatoms. The molecule has 0 aliphatic rings. The van der Waals surface area contributed by atoms with Crippen molar-refractivity contribution in [1.29, 1.82) is 0 Å². The van der Waals surface area contributed by atoms with Crippen molar-refractivity contribution in [1.82, 2.24) is 10.4 Å². The molecule has 3 amide bonds. The summed E-state index contributed by atoms with van der Waals surface area (Å²) < 4.78 is 45.7. The summed E-state index contributed by atoms with van der Waals surface area (Å²) in [6, 6.07) is 8.24. The molecule has 0 heterocycles. The predicted molar refractivity (Wildman–Crippen MR) is 123 cm³/mol. The summed E-state index contributed by atoms with van der Waals surface area (Å²) in [6.07, 6.45) is -5.59. The second-order valence-corrected chi connectivity index (χ2v) is 8.95. The van der Waals surface area contributed by atoms with Crippen molar-refractivity contribution in [2.24, 2.45) is 5.41 Å². The van der Waals surface area contributed by atoms with Gasteiger partial charge in [0, 0.05) is 11.3 Å². The molecule has 0 bridgehead atoms. The van der Waals surface area contributed by atoms with E-state index in [4.69, 9.17) is 11.6 Å². The van der Waals surface area contributed by atoms with E-state index in [1.54, 1.807) is 6.92 Å². The van der Waals surface area contributed by atoms with Gasteiger partial charge in [0.05, 0.1) is 23.7 Å². The van der Waals surface area contributed by atoms with Gasteiger partial charge in [0.2, 0.25) is 0 Å². The van der Waals surface area contributed by atoms with Gasteiger partial charge in [-0.25, -0.2) is 9.80 Å². The lowest BCUT2D eigenvalue weighted by Gasteiger charge is -2.37. The first-order valence-electron chi connectivity index (χ1n) is 10.3. The zero-order valence-corrected chi connectivity index (χ0v) is 20.4. The quantitative estimate of drug-likeness (QED) is 0.502. The van der Waals surface area contributed by atoms with Gasteiger partial charge >= 0.3 is 12.5 Å². The molecule has 0 spiro atoms. The summed E-state index contributed by atoms with van der Waals surface area (Å²) in [7, 11) is 1.21. The average molecular weight is 516 g/mol. The van der Waals surface area contributed by atoms with E-state index in [0.29, 0.717) is 5.69 Å². The lowest BCUT2D eigenvalue weighted by molar-refractivity contribution is -0.274. The van der Waals surface area contributed by atoms with Gasteiger partial charge in [-0.15, -0.1) is 13.2 Å². The van der Waals surface area contributed by atoms with Crippen LogP contribution in [-0.4, -0.2) is 42.4 Å². The van der Waals surface area contributed by atoms with E-state index in [1.165, 1.54) is 31.4 Å². The van der Waals surface area contributed by atoms with Crippen LogP contribution >= 0.6 is 11.6 Å². The zero-order chi connectivity index (χ0) is 26.6. The van der Waals surface area contributed by atoms with Crippen LogP contribution in [0.5, 0.6) is 5.75 Å². The van der Waals surface area contributed by atoms with Crippen LogP contribution in [0.25, 0.3) is 0 Å². The highest BCUT2D eigenvalue weighted by Gasteiger charge is 2.33. The van der Waals surface area contributed by atoms with Crippen LogP contribution in [-0.2, 0) is 4.74 Å². The summed E-state index contributed by atoms with van der Waals surface area (Å²) in [6.45, 7) is 7.32. The van der Waals surface area contributed by atoms with Gasteiger partial charge in [-0.3, -0.25) is 20.3 Å². The molecule has 190 valence electrons. The van der Waals surface area contributed by atoms with Gasteiger partial charge in [-0.1, -0.05) is 32.4 Å². The van der Waals surface area contributed by atoms with Crippen LogP contribution in [0.15, 0.2) is 42.5 Å². The van der Waals surface area contributed by atoms with Gasteiger partial charge < -0.3 is 9.47 Å². The molecule has 8 nitrogen and oxygen atoms in total. The second kappa shape index (κ2) is 10.9. The maximum absolute atomic E-state index is 13.3. The number of methoxy groups -OCH3 is 1. The summed E-state index contributed by atoms with van der Waals surface area (Å²) in [5.41, 5.74) is 2.48. The van der Waals surface area contributed by atoms with Crippen molar-refractivity contribution in [3.63, 3.8) is 0 Å². The Bertz CT molecular complexity index is 1090. The second-order valence-electron chi connectivity index (χ2n) is 8.54. The molecule has 2 N–H and O–H groups in total. The van der Waals surface area contributed by atoms with Crippen LogP contribution in [0.4, 0.5) is 23.7 Å². The Balaban J connectivity index is 2.31. The molecule has 0 saturated carbocycles. The molecule has 0 fully saturated rings. The largest absolute Gasteiger partial charge is 0.573 e. The van der Waals surface area contributed by atoms with E-state index in [1.807, 2.05) is 20.8 Å². The third kappa shape index (κ3) is 7.78. The SMILES string of the molecule is COC(=O)Nc1ccc(C(=O)N(NC(=O)c2ccc(OC(F)(F)F)cc2Cl)C(C)C(C)(C)C)cc1. The fraction of sp³-hybridized carbons (Fsp3) is 0.348. The number of hydrogen-bond acceptors (Lipinski definition) is 5. The summed E-state index contributed by atoms with van der Waals surface area (Å²) >= 11 is 6.02. The number of carbonyl (C=O) groups excluding carboxylic acids is 3. The molecule has 2 rings (SSSR count). The van der Waals surface area contributed by atoms with Crippen molar-refractivity contribution >= 4 is 35.2 Å². The van der Waals surface area contributed by atoms with Gasteiger partial charge in [0.1, 0.15) is 5.75 Å². The maximum Gasteiger partial charge on any atom is 0.573 e. The van der Waals surface area contributed by atoms with Crippen LogP contribution in [0, 0.1) is 5.41 Å². The molecule has 1 unspecified atom stereocenters. The number of rotatable bonds is 5. The minimum Gasteiger partial charge on any atom is -0.453 e. The molecule has 0 aliphatic heterocycles. The molecule has 0 aromatic heterocycles. The van der Waals surface area contributed by atoms with Crippen molar-refractivity contribution in [2.45, 2.75) is 40.1 Å². The summed E-state index contributed by atoms with van der Waals surface area (Å²) in [4.78, 5) is 37.6. The van der Waals surface area contributed by atoms with E-state index >= 15 is 0 Å². The number of hydrazine groups is 1. The van der Waals surface area contributed by atoms with E-state index in [9.17, 15) is 27.6 Å². The molecular formula is C23H25ClF3N3O5. The van der Waals surface area contributed by atoms with Gasteiger partial charge in [-0.05, 0) is 54.8 Å². The predicted octanol–water partition coefficient (Wildman–Crippen LogP) is 5.64. The highest BCUT2D eigenvalue weighted by atomic mass is 35.5. The number of anilines is 1. The number of nitrogens with one attached hydrogen (secondary N) is 2. The minimum atomic E-state index is -4.92. The molecule has 2 aromatic rings. The van der Waals surface area contributed by atoms with Gasteiger partial charge in [0.25, 0.3) is 11.8 Å². The Morgan fingerprint density at radius 1 is 1.03 bits per heavy atom. The van der Waals surface area contributed by atoms with E-state index in [0.717, 1.165) is 23.2 Å². The monoisotopic (exact) mass is 515 g/mol. The van der Waals surface area contributed by atoms with Crippen LogP contribution in [0.1, 0.15) is 48.4 Å². The smallest absolute Gasteiger partial charge is 0.453 e. The number of halogens is 4. The Kier molecular flexibility index (Phi) is 8.61. The highest BCUT2D eigenvalue weighted by Crippen LogP contribution is 2.29. The molecule has 35 heavy (non-hydrogen) atoms. The third-order valence-electron chi connectivity index (χ3n) is 5.06. The molecular weight excluding hydrogens is 491 g/mol. The van der Waals surface area contributed by atoms with Crippen molar-refractivity contribution in [3.05, 3.63) is 58.6 Å². The minimum absolute atomic E-state index is 0.155. The lowest BCUT2D eigenvalue weighted by Crippen LogP contribution is -2.55. The summed E-state index contributed by atoms with van der Waals surface area (Å²) in [5, 5.41) is 3.29. The number of hydrogen-bond donors (Lipinski definition) is 2. The number of nitrogens with zero attached hydrogens (tertiary/aromatic N) is 1. The normalized spacial score (nSPS) is 12.4. The van der Waals surface area contributed by atoms with Crippen molar-refractivity contribution in [2.75, 3.05) is 12.4 Å². The maximum atomic E-state index is 13.3. The van der Waals surface area contributed by atoms with Gasteiger partial charge in [0.15, 0.2) is 0 Å². The van der Waals surface area contributed by atoms with Crippen LogP contribution in [0.3, 0.4) is 0 Å². The Hall–Kier alpha value is -3.47. The molecule has 1 atom stereocenters. The standard InChI is InChI=1S/C23H25ClF3N3O5/c1-13(22(2,3)4)30(20(32)14-6-8-15(9-7-14)28-21(33)34-5)29-19(31)17-11-10-16(12-18(17)24)35-23(25,26)27/h6-13H,1-5H3,(H,28,33)(H,29,31). The number of ether oxygens (including phenoxy) is 2. The van der Waals surface area contributed by atoms with Crippen molar-refractivity contribution in [3.8, 4) is 5.75 Å². The van der Waals surface area contributed by atoms with E-state index in [2.05, 4.69) is 20.2 Å². The first-order chi connectivity index (χ1) is 16.1. The third-order valence-corrected chi connectivity index (χ3v) is 5.38. The first-order valence-corrected chi connectivity index (χ1v) is 10.6. The average Bonchev–Trinajstić information content (AvgIpc) is 2.75. The highest BCUT2D eigenvalue weighted by molar-refractivity contribution is 6.34. The molecule has 0 saturated heterocycles. The van der Waals surface area contributed by atoms with Crippen molar-refractivity contribution < 1.29 is 37.0 Å². The fourth-order valence-corrected chi connectivity index (χ4v) is 3.02. The number of amides is 3. The van der Waals surface area contributed by atoms with Gasteiger partial charge in [-0.2, -0.15) is 0 Å². The zero-order valence-electron chi connectivity index (χ0n) is 19.6. The number of alkyl halides is 3. The Morgan fingerprint density at radius 3 is 2.11 bits per heavy atom. The fourth-order valence-electron chi connectivity index (χ4n) is 2.76. The number of carbonyl (C=O) groups is 3. The Morgan fingerprint density at radius 2 is 1.63 bits per heavy atom. The lowest BCUT2D eigenvalue weighted by atomic mass is 9.87.